The maximum Gasteiger partial charge on any atom is 0.224 e. The zero-order valence-electron chi connectivity index (χ0n) is 13.7. The minimum atomic E-state index is 0.0322. The highest BCUT2D eigenvalue weighted by atomic mass is 32.1. The van der Waals surface area contributed by atoms with Gasteiger partial charge in [0.2, 0.25) is 11.0 Å². The first-order valence-electron chi connectivity index (χ1n) is 7.93. The molecular formula is C18H18N4O2S. The SMILES string of the molecule is CCCC(=O)Nc1ccc(-c2csc(NN=Cc3ccco3)n2)cc1. The number of hydrogen-bond acceptors (Lipinski definition) is 6. The number of amides is 1. The van der Waals surface area contributed by atoms with Crippen molar-refractivity contribution in [1.82, 2.24) is 4.98 Å². The topological polar surface area (TPSA) is 79.5 Å². The number of carbonyl (C=O) groups is 1. The minimum Gasteiger partial charge on any atom is -0.463 e. The molecule has 0 saturated heterocycles. The van der Waals surface area contributed by atoms with Gasteiger partial charge in [-0.25, -0.2) is 4.98 Å². The fourth-order valence-corrected chi connectivity index (χ4v) is 2.82. The van der Waals surface area contributed by atoms with Gasteiger partial charge in [0.1, 0.15) is 5.76 Å². The molecule has 0 fully saturated rings. The van der Waals surface area contributed by atoms with Gasteiger partial charge in [0.25, 0.3) is 0 Å². The highest BCUT2D eigenvalue weighted by Crippen LogP contribution is 2.26. The molecule has 2 aromatic heterocycles. The lowest BCUT2D eigenvalue weighted by Crippen LogP contribution is -2.10. The van der Waals surface area contributed by atoms with Gasteiger partial charge in [-0.15, -0.1) is 11.3 Å². The summed E-state index contributed by atoms with van der Waals surface area (Å²) in [5.74, 6) is 0.704. The summed E-state index contributed by atoms with van der Waals surface area (Å²) in [4.78, 5) is 16.1. The number of aromatic nitrogens is 1. The molecule has 25 heavy (non-hydrogen) atoms. The lowest BCUT2D eigenvalue weighted by Gasteiger charge is -2.04. The van der Waals surface area contributed by atoms with Gasteiger partial charge >= 0.3 is 0 Å². The third-order valence-electron chi connectivity index (χ3n) is 3.34. The van der Waals surface area contributed by atoms with Crippen molar-refractivity contribution in [2.75, 3.05) is 10.7 Å². The second kappa shape index (κ2) is 8.25. The number of anilines is 2. The molecule has 0 unspecified atom stereocenters. The van der Waals surface area contributed by atoms with Gasteiger partial charge in [-0.3, -0.25) is 10.2 Å². The Bertz CT molecular complexity index is 838. The van der Waals surface area contributed by atoms with Crippen molar-refractivity contribution >= 4 is 34.3 Å². The van der Waals surface area contributed by atoms with E-state index in [1.54, 1.807) is 18.5 Å². The summed E-state index contributed by atoms with van der Waals surface area (Å²) in [6.07, 6.45) is 4.55. The molecule has 7 heteroatoms. The zero-order chi connectivity index (χ0) is 17.5. The van der Waals surface area contributed by atoms with Crippen LogP contribution in [0.1, 0.15) is 25.5 Å². The molecule has 0 radical (unpaired) electrons. The first-order chi connectivity index (χ1) is 12.2. The van der Waals surface area contributed by atoms with Crippen LogP contribution in [0, 0.1) is 0 Å². The van der Waals surface area contributed by atoms with E-state index in [4.69, 9.17) is 4.42 Å². The van der Waals surface area contributed by atoms with Crippen LogP contribution in [0.25, 0.3) is 11.3 Å². The summed E-state index contributed by atoms with van der Waals surface area (Å²) in [5, 5.41) is 9.60. The maximum atomic E-state index is 11.6. The van der Waals surface area contributed by atoms with Gasteiger partial charge in [-0.2, -0.15) is 5.10 Å². The lowest BCUT2D eigenvalue weighted by molar-refractivity contribution is -0.116. The second-order valence-electron chi connectivity index (χ2n) is 5.30. The van der Waals surface area contributed by atoms with Crippen molar-refractivity contribution in [1.29, 1.82) is 0 Å². The molecule has 0 aliphatic rings. The number of benzene rings is 1. The van der Waals surface area contributed by atoms with E-state index in [1.807, 2.05) is 42.6 Å². The number of hydrazone groups is 1. The van der Waals surface area contributed by atoms with E-state index in [0.29, 0.717) is 17.3 Å². The molecule has 2 N–H and O–H groups in total. The predicted molar refractivity (Wildman–Crippen MR) is 101 cm³/mol. The van der Waals surface area contributed by atoms with E-state index in [2.05, 4.69) is 20.8 Å². The Labute approximate surface area is 149 Å². The van der Waals surface area contributed by atoms with Crippen LogP contribution in [0.15, 0.2) is 57.6 Å². The van der Waals surface area contributed by atoms with E-state index in [0.717, 1.165) is 23.4 Å². The summed E-state index contributed by atoms with van der Waals surface area (Å²) in [6, 6.07) is 11.3. The number of thiazole rings is 1. The highest BCUT2D eigenvalue weighted by molar-refractivity contribution is 7.14. The maximum absolute atomic E-state index is 11.6. The molecule has 3 aromatic rings. The largest absolute Gasteiger partial charge is 0.463 e. The monoisotopic (exact) mass is 354 g/mol. The molecule has 128 valence electrons. The van der Waals surface area contributed by atoms with Crippen LogP contribution in [0.5, 0.6) is 0 Å². The van der Waals surface area contributed by atoms with Crippen molar-refractivity contribution in [3.63, 3.8) is 0 Å². The summed E-state index contributed by atoms with van der Waals surface area (Å²) >= 11 is 1.47. The second-order valence-corrected chi connectivity index (χ2v) is 6.16. The van der Waals surface area contributed by atoms with E-state index in [1.165, 1.54) is 11.3 Å². The third kappa shape index (κ3) is 4.77. The van der Waals surface area contributed by atoms with E-state index in [-0.39, 0.29) is 5.91 Å². The average molecular weight is 354 g/mol. The van der Waals surface area contributed by atoms with Crippen LogP contribution < -0.4 is 10.7 Å². The van der Waals surface area contributed by atoms with E-state index in [9.17, 15) is 4.79 Å². The van der Waals surface area contributed by atoms with Crippen molar-refractivity contribution < 1.29 is 9.21 Å². The first-order valence-corrected chi connectivity index (χ1v) is 8.81. The van der Waals surface area contributed by atoms with Crippen LogP contribution in [0.4, 0.5) is 10.8 Å². The Morgan fingerprint density at radius 3 is 2.88 bits per heavy atom. The van der Waals surface area contributed by atoms with Crippen molar-refractivity contribution in [2.24, 2.45) is 5.10 Å². The Morgan fingerprint density at radius 1 is 1.32 bits per heavy atom. The number of hydrogen-bond donors (Lipinski definition) is 2. The molecule has 3 rings (SSSR count). The Hall–Kier alpha value is -2.93. The molecule has 0 aliphatic carbocycles. The normalized spacial score (nSPS) is 10.9. The van der Waals surface area contributed by atoms with Crippen LogP contribution in [0.2, 0.25) is 0 Å². The molecule has 0 atom stereocenters. The third-order valence-corrected chi connectivity index (χ3v) is 4.09. The molecule has 0 spiro atoms. The quantitative estimate of drug-likeness (QED) is 0.480. The van der Waals surface area contributed by atoms with Crippen LogP contribution in [0.3, 0.4) is 0 Å². The smallest absolute Gasteiger partial charge is 0.224 e. The van der Waals surface area contributed by atoms with E-state index < -0.39 is 0 Å². The number of carbonyl (C=O) groups excluding carboxylic acids is 1. The van der Waals surface area contributed by atoms with Gasteiger partial charge in [-0.1, -0.05) is 19.1 Å². The minimum absolute atomic E-state index is 0.0322. The fraction of sp³-hybridized carbons (Fsp3) is 0.167. The molecule has 0 saturated carbocycles. The molecule has 0 aliphatic heterocycles. The number of nitrogens with zero attached hydrogens (tertiary/aromatic N) is 2. The van der Waals surface area contributed by atoms with Gasteiger partial charge in [0.15, 0.2) is 0 Å². The number of furan rings is 1. The summed E-state index contributed by atoms with van der Waals surface area (Å²) in [6.45, 7) is 1.98. The van der Waals surface area contributed by atoms with Crippen LogP contribution in [-0.4, -0.2) is 17.1 Å². The van der Waals surface area contributed by atoms with Crippen LogP contribution in [-0.2, 0) is 4.79 Å². The highest BCUT2D eigenvalue weighted by Gasteiger charge is 2.05. The van der Waals surface area contributed by atoms with Gasteiger partial charge in [-0.05, 0) is 30.7 Å². The summed E-state index contributed by atoms with van der Waals surface area (Å²) < 4.78 is 5.16. The number of nitrogens with one attached hydrogen (secondary N) is 2. The van der Waals surface area contributed by atoms with Crippen molar-refractivity contribution in [3.8, 4) is 11.3 Å². The lowest BCUT2D eigenvalue weighted by atomic mass is 10.1. The molecular weight excluding hydrogens is 336 g/mol. The molecule has 2 heterocycles. The van der Waals surface area contributed by atoms with Gasteiger partial charge in [0, 0.05) is 23.1 Å². The van der Waals surface area contributed by atoms with Crippen LogP contribution >= 0.6 is 11.3 Å². The Balaban J connectivity index is 1.60. The predicted octanol–water partition coefficient (Wildman–Crippen LogP) is 4.59. The first kappa shape index (κ1) is 16.9. The van der Waals surface area contributed by atoms with E-state index >= 15 is 0 Å². The summed E-state index contributed by atoms with van der Waals surface area (Å²) in [5.41, 5.74) is 5.51. The fourth-order valence-electron chi connectivity index (χ4n) is 2.15. The molecule has 6 nitrogen and oxygen atoms in total. The molecule has 1 aromatic carbocycles. The zero-order valence-corrected chi connectivity index (χ0v) is 14.5. The van der Waals surface area contributed by atoms with Crippen molar-refractivity contribution in [3.05, 3.63) is 53.8 Å². The Morgan fingerprint density at radius 2 is 2.16 bits per heavy atom. The van der Waals surface area contributed by atoms with Gasteiger partial charge < -0.3 is 9.73 Å². The van der Waals surface area contributed by atoms with Gasteiger partial charge in [0.05, 0.1) is 18.2 Å². The Kier molecular flexibility index (Phi) is 5.58. The average Bonchev–Trinajstić information content (AvgIpc) is 3.28. The summed E-state index contributed by atoms with van der Waals surface area (Å²) in [7, 11) is 0. The number of rotatable bonds is 7. The standard InChI is InChI=1S/C18H18N4O2S/c1-2-4-17(23)20-14-8-6-13(7-9-14)16-12-25-18(21-16)22-19-11-15-5-3-10-24-15/h3,5-12H,2,4H2,1H3,(H,20,23)(H,21,22). The molecule has 1 amide bonds. The van der Waals surface area contributed by atoms with Crippen molar-refractivity contribution in [2.45, 2.75) is 19.8 Å². The molecule has 0 bridgehead atoms.